The summed E-state index contributed by atoms with van der Waals surface area (Å²) < 4.78 is 4.85. The van der Waals surface area contributed by atoms with E-state index in [1.807, 2.05) is 34.6 Å². The zero-order chi connectivity index (χ0) is 22.6. The Morgan fingerprint density at radius 1 is 1.10 bits per heavy atom. The van der Waals surface area contributed by atoms with E-state index in [1.54, 1.807) is 4.90 Å². The molecule has 0 radical (unpaired) electrons. The molecule has 2 fully saturated rings. The van der Waals surface area contributed by atoms with Gasteiger partial charge in [0.1, 0.15) is 12.1 Å². The predicted octanol–water partition coefficient (Wildman–Crippen LogP) is 1.26. The van der Waals surface area contributed by atoms with Crippen LogP contribution in [-0.2, 0) is 19.1 Å². The van der Waals surface area contributed by atoms with Crippen LogP contribution in [0.15, 0.2) is 0 Å². The van der Waals surface area contributed by atoms with Crippen molar-refractivity contribution in [3.63, 3.8) is 0 Å². The van der Waals surface area contributed by atoms with Gasteiger partial charge in [-0.05, 0) is 38.5 Å². The molecule has 9 nitrogen and oxygen atoms in total. The number of hydrogen-bond acceptors (Lipinski definition) is 5. The number of carbonyl (C=O) groups excluding carboxylic acids is 4. The SMILES string of the molecule is COC(=O)C1CCCN1C(=O)C1CC(NC(=O)NC(C)C)CN1C(=O)CC(C)(C)C. The molecule has 0 aromatic heterocycles. The van der Waals surface area contributed by atoms with Gasteiger partial charge in [-0.25, -0.2) is 9.59 Å². The van der Waals surface area contributed by atoms with E-state index in [9.17, 15) is 19.2 Å². The molecule has 9 heteroatoms. The maximum atomic E-state index is 13.4. The molecule has 0 aliphatic carbocycles. The van der Waals surface area contributed by atoms with Crippen LogP contribution in [0.2, 0.25) is 0 Å². The Morgan fingerprint density at radius 2 is 1.77 bits per heavy atom. The molecule has 0 aromatic carbocycles. The van der Waals surface area contributed by atoms with E-state index in [0.717, 1.165) is 0 Å². The second kappa shape index (κ2) is 9.66. The number of esters is 1. The molecule has 30 heavy (non-hydrogen) atoms. The largest absolute Gasteiger partial charge is 0.467 e. The van der Waals surface area contributed by atoms with Gasteiger partial charge in [0, 0.05) is 25.6 Å². The Balaban J connectivity index is 2.19. The Labute approximate surface area is 178 Å². The van der Waals surface area contributed by atoms with E-state index in [-0.39, 0.29) is 41.9 Å². The molecule has 4 amide bonds. The summed E-state index contributed by atoms with van der Waals surface area (Å²) in [5, 5.41) is 5.64. The summed E-state index contributed by atoms with van der Waals surface area (Å²) in [6.07, 6.45) is 1.89. The average Bonchev–Trinajstić information content (AvgIpc) is 3.25. The molecular weight excluding hydrogens is 388 g/mol. The molecule has 3 atom stereocenters. The standard InChI is InChI=1S/C21H36N4O5/c1-13(2)22-20(29)23-14-10-16(25(12-14)17(26)11-21(3,4)5)18(27)24-9-7-8-15(24)19(28)30-6/h13-16H,7-12H2,1-6H3,(H2,22,23,29). The smallest absolute Gasteiger partial charge is 0.328 e. The third kappa shape index (κ3) is 6.09. The molecule has 2 aliphatic heterocycles. The number of urea groups is 1. The number of nitrogens with one attached hydrogen (secondary N) is 2. The summed E-state index contributed by atoms with van der Waals surface area (Å²) in [4.78, 5) is 53.7. The minimum absolute atomic E-state index is 0.0205. The number of amides is 4. The maximum absolute atomic E-state index is 13.4. The Hall–Kier alpha value is -2.32. The molecule has 2 heterocycles. The van der Waals surface area contributed by atoms with Gasteiger partial charge in [-0.15, -0.1) is 0 Å². The minimum atomic E-state index is -0.700. The lowest BCUT2D eigenvalue weighted by atomic mass is 9.91. The molecule has 0 bridgehead atoms. The fraction of sp³-hybridized carbons (Fsp3) is 0.810. The lowest BCUT2D eigenvalue weighted by molar-refractivity contribution is -0.153. The van der Waals surface area contributed by atoms with Gasteiger partial charge in [0.05, 0.1) is 13.2 Å². The average molecular weight is 425 g/mol. The first-order valence-electron chi connectivity index (χ1n) is 10.7. The normalized spacial score (nSPS) is 24.2. The topological polar surface area (TPSA) is 108 Å². The lowest BCUT2D eigenvalue weighted by Crippen LogP contribution is -2.51. The summed E-state index contributed by atoms with van der Waals surface area (Å²) in [6, 6.07) is -1.98. The number of hydrogen-bond donors (Lipinski definition) is 2. The molecule has 0 aromatic rings. The van der Waals surface area contributed by atoms with Crippen molar-refractivity contribution in [3.8, 4) is 0 Å². The Bertz CT molecular complexity index is 673. The highest BCUT2D eigenvalue weighted by Gasteiger charge is 2.45. The summed E-state index contributed by atoms with van der Waals surface area (Å²) in [6.45, 7) is 10.4. The number of nitrogens with zero attached hydrogens (tertiary/aromatic N) is 2. The Morgan fingerprint density at radius 3 is 2.33 bits per heavy atom. The Kier molecular flexibility index (Phi) is 7.71. The zero-order valence-electron chi connectivity index (χ0n) is 19.0. The predicted molar refractivity (Wildman–Crippen MR) is 112 cm³/mol. The van der Waals surface area contributed by atoms with Crippen LogP contribution in [0.3, 0.4) is 0 Å². The van der Waals surface area contributed by atoms with E-state index in [1.165, 1.54) is 12.0 Å². The van der Waals surface area contributed by atoms with Crippen molar-refractivity contribution in [2.75, 3.05) is 20.2 Å². The van der Waals surface area contributed by atoms with E-state index in [2.05, 4.69) is 10.6 Å². The molecule has 3 unspecified atom stereocenters. The minimum Gasteiger partial charge on any atom is -0.467 e. The van der Waals surface area contributed by atoms with Crippen LogP contribution in [-0.4, -0.2) is 78.0 Å². The highest BCUT2D eigenvalue weighted by Crippen LogP contribution is 2.28. The van der Waals surface area contributed by atoms with Crippen molar-refractivity contribution >= 4 is 23.8 Å². The van der Waals surface area contributed by atoms with E-state index in [4.69, 9.17) is 4.74 Å². The van der Waals surface area contributed by atoms with Crippen molar-refractivity contribution < 1.29 is 23.9 Å². The fourth-order valence-corrected chi connectivity index (χ4v) is 4.10. The first-order valence-corrected chi connectivity index (χ1v) is 10.7. The monoisotopic (exact) mass is 424 g/mol. The molecule has 0 spiro atoms. The number of methoxy groups -OCH3 is 1. The summed E-state index contributed by atoms with van der Waals surface area (Å²) >= 11 is 0. The summed E-state index contributed by atoms with van der Waals surface area (Å²) in [5.41, 5.74) is -0.229. The quantitative estimate of drug-likeness (QED) is 0.646. The maximum Gasteiger partial charge on any atom is 0.328 e. The second-order valence-corrected chi connectivity index (χ2v) is 9.72. The molecule has 170 valence electrons. The number of ether oxygens (including phenoxy) is 1. The molecule has 2 N–H and O–H groups in total. The van der Waals surface area contributed by atoms with Gasteiger partial charge in [-0.2, -0.15) is 0 Å². The fourth-order valence-electron chi connectivity index (χ4n) is 4.10. The van der Waals surface area contributed by atoms with Crippen molar-refractivity contribution in [3.05, 3.63) is 0 Å². The van der Waals surface area contributed by atoms with Crippen molar-refractivity contribution in [2.45, 2.75) is 84.5 Å². The summed E-state index contributed by atoms with van der Waals surface area (Å²) in [5.74, 6) is -0.806. The van der Waals surface area contributed by atoms with Gasteiger partial charge in [0.25, 0.3) is 0 Å². The lowest BCUT2D eigenvalue weighted by Gasteiger charge is -2.31. The van der Waals surface area contributed by atoms with Crippen LogP contribution in [0, 0.1) is 5.41 Å². The third-order valence-corrected chi connectivity index (χ3v) is 5.35. The van der Waals surface area contributed by atoms with Gasteiger partial charge in [0.2, 0.25) is 11.8 Å². The molecular formula is C21H36N4O5. The molecule has 2 aliphatic rings. The van der Waals surface area contributed by atoms with E-state index < -0.39 is 18.1 Å². The number of rotatable bonds is 5. The molecule has 2 rings (SSSR count). The van der Waals surface area contributed by atoms with Crippen LogP contribution >= 0.6 is 0 Å². The second-order valence-electron chi connectivity index (χ2n) is 9.72. The van der Waals surface area contributed by atoms with Gasteiger partial charge in [-0.3, -0.25) is 9.59 Å². The van der Waals surface area contributed by atoms with Gasteiger partial charge in [0.15, 0.2) is 0 Å². The number of carbonyl (C=O) groups is 4. The van der Waals surface area contributed by atoms with Crippen LogP contribution in [0.5, 0.6) is 0 Å². The first kappa shape index (κ1) is 24.0. The van der Waals surface area contributed by atoms with Gasteiger partial charge >= 0.3 is 12.0 Å². The van der Waals surface area contributed by atoms with Gasteiger partial charge < -0.3 is 25.2 Å². The molecule has 2 saturated heterocycles. The van der Waals surface area contributed by atoms with E-state index >= 15 is 0 Å². The number of likely N-dealkylation sites (tertiary alicyclic amines) is 2. The highest BCUT2D eigenvalue weighted by atomic mass is 16.5. The molecule has 0 saturated carbocycles. The first-order chi connectivity index (χ1) is 13.9. The highest BCUT2D eigenvalue weighted by molar-refractivity contribution is 5.92. The van der Waals surface area contributed by atoms with Crippen LogP contribution in [0.4, 0.5) is 4.79 Å². The van der Waals surface area contributed by atoms with Gasteiger partial charge in [-0.1, -0.05) is 20.8 Å². The summed E-state index contributed by atoms with van der Waals surface area (Å²) in [7, 11) is 1.31. The van der Waals surface area contributed by atoms with Crippen LogP contribution in [0.1, 0.15) is 60.3 Å². The van der Waals surface area contributed by atoms with E-state index in [0.29, 0.717) is 32.2 Å². The van der Waals surface area contributed by atoms with Crippen molar-refractivity contribution in [1.29, 1.82) is 0 Å². The van der Waals surface area contributed by atoms with Crippen molar-refractivity contribution in [2.24, 2.45) is 5.41 Å². The van der Waals surface area contributed by atoms with Crippen molar-refractivity contribution in [1.82, 2.24) is 20.4 Å². The zero-order valence-corrected chi connectivity index (χ0v) is 19.0. The van der Waals surface area contributed by atoms with Crippen LogP contribution in [0.25, 0.3) is 0 Å². The third-order valence-electron chi connectivity index (χ3n) is 5.35. The van der Waals surface area contributed by atoms with Crippen LogP contribution < -0.4 is 10.6 Å².